The third kappa shape index (κ3) is 3.85. The number of aromatic nitrogens is 3. The molecule has 3 aromatic heterocycles. The van der Waals surface area contributed by atoms with Gasteiger partial charge in [0.15, 0.2) is 11.5 Å². The summed E-state index contributed by atoms with van der Waals surface area (Å²) in [5.41, 5.74) is 3.72. The van der Waals surface area contributed by atoms with Gasteiger partial charge in [0.05, 0.1) is 6.26 Å². The average molecular weight is 391 g/mol. The molecule has 0 bridgehead atoms. The van der Waals surface area contributed by atoms with Gasteiger partial charge in [0.1, 0.15) is 6.54 Å². The predicted molar refractivity (Wildman–Crippen MR) is 107 cm³/mol. The minimum Gasteiger partial charge on any atom is -0.459 e. The molecule has 4 rings (SSSR count). The Labute approximate surface area is 167 Å². The molecule has 0 aliphatic carbocycles. The van der Waals surface area contributed by atoms with Crippen molar-refractivity contribution in [3.8, 4) is 11.7 Å². The van der Waals surface area contributed by atoms with Crippen molar-refractivity contribution in [2.24, 2.45) is 0 Å². The van der Waals surface area contributed by atoms with Crippen LogP contribution in [0.25, 0.3) is 11.7 Å². The normalized spacial score (nSPS) is 11.1. The first-order chi connectivity index (χ1) is 14.0. The number of carbonyl (C=O) groups is 1. The van der Waals surface area contributed by atoms with E-state index in [9.17, 15) is 9.59 Å². The lowest BCUT2D eigenvalue weighted by atomic mass is 10.1. The van der Waals surface area contributed by atoms with E-state index in [4.69, 9.17) is 8.83 Å². The number of aryl methyl sites for hydroxylation is 2. The molecule has 0 N–H and O–H groups in total. The van der Waals surface area contributed by atoms with Crippen LogP contribution in [-0.4, -0.2) is 20.1 Å². The lowest BCUT2D eigenvalue weighted by molar-refractivity contribution is 0.0964. The van der Waals surface area contributed by atoms with Gasteiger partial charge < -0.3 is 13.4 Å². The van der Waals surface area contributed by atoms with E-state index < -0.39 is 5.76 Å². The van der Waals surface area contributed by atoms with Crippen molar-refractivity contribution < 1.29 is 13.6 Å². The SMILES string of the molecule is Cc1cc(C(=O)Cn2nc(-c3ccco3)oc2=O)c(C)n1CCc1ccccc1. The Morgan fingerprint density at radius 3 is 2.62 bits per heavy atom. The molecule has 1 aromatic carbocycles. The summed E-state index contributed by atoms with van der Waals surface area (Å²) < 4.78 is 13.4. The van der Waals surface area contributed by atoms with Gasteiger partial charge in [-0.15, -0.1) is 5.10 Å². The molecule has 7 heteroatoms. The second-order valence-corrected chi connectivity index (χ2v) is 6.90. The number of carbonyl (C=O) groups excluding carboxylic acids is 1. The summed E-state index contributed by atoms with van der Waals surface area (Å²) in [4.78, 5) is 24.9. The van der Waals surface area contributed by atoms with E-state index in [1.54, 1.807) is 12.1 Å². The van der Waals surface area contributed by atoms with Crippen LogP contribution in [0.4, 0.5) is 0 Å². The summed E-state index contributed by atoms with van der Waals surface area (Å²) in [6.07, 6.45) is 2.34. The maximum Gasteiger partial charge on any atom is 0.437 e. The number of Topliss-reactive ketones (excluding diaryl/α,β-unsaturated/α-hetero) is 1. The average Bonchev–Trinajstić information content (AvgIpc) is 3.42. The Balaban J connectivity index is 1.52. The first kappa shape index (κ1) is 18.7. The smallest absolute Gasteiger partial charge is 0.437 e. The van der Waals surface area contributed by atoms with Gasteiger partial charge in [-0.2, -0.15) is 4.68 Å². The highest BCUT2D eigenvalue weighted by Gasteiger charge is 2.19. The van der Waals surface area contributed by atoms with Crippen molar-refractivity contribution in [3.63, 3.8) is 0 Å². The third-order valence-corrected chi connectivity index (χ3v) is 4.97. The van der Waals surface area contributed by atoms with Crippen LogP contribution in [0.1, 0.15) is 27.3 Å². The van der Waals surface area contributed by atoms with Crippen LogP contribution in [-0.2, 0) is 19.5 Å². The first-order valence-electron chi connectivity index (χ1n) is 9.38. The molecular formula is C22H21N3O4. The van der Waals surface area contributed by atoms with E-state index in [1.807, 2.05) is 38.1 Å². The zero-order valence-corrected chi connectivity index (χ0v) is 16.3. The van der Waals surface area contributed by atoms with Gasteiger partial charge in [-0.1, -0.05) is 30.3 Å². The molecule has 29 heavy (non-hydrogen) atoms. The second-order valence-electron chi connectivity index (χ2n) is 6.90. The van der Waals surface area contributed by atoms with Crippen LogP contribution in [0.2, 0.25) is 0 Å². The largest absolute Gasteiger partial charge is 0.459 e. The van der Waals surface area contributed by atoms with Crippen LogP contribution in [0, 0.1) is 13.8 Å². The molecular weight excluding hydrogens is 370 g/mol. The molecule has 148 valence electrons. The number of benzene rings is 1. The van der Waals surface area contributed by atoms with E-state index in [-0.39, 0.29) is 18.2 Å². The molecule has 7 nitrogen and oxygen atoms in total. The van der Waals surface area contributed by atoms with Gasteiger partial charge in [-0.05, 0) is 44.0 Å². The minimum absolute atomic E-state index is 0.0566. The zero-order valence-electron chi connectivity index (χ0n) is 16.3. The molecule has 0 aliphatic heterocycles. The topological polar surface area (TPSA) is 83.2 Å². The zero-order chi connectivity index (χ0) is 20.4. The van der Waals surface area contributed by atoms with Crippen LogP contribution in [0.3, 0.4) is 0 Å². The molecule has 0 saturated heterocycles. The summed E-state index contributed by atoms with van der Waals surface area (Å²) >= 11 is 0. The standard InChI is InChI=1S/C22H21N3O4/c1-15-13-18(16(2)24(15)11-10-17-7-4-3-5-8-17)19(26)14-25-22(27)29-21(23-25)20-9-6-12-28-20/h3-9,12-13H,10-11,14H2,1-2H3. The summed E-state index contributed by atoms with van der Waals surface area (Å²) in [5.74, 6) is -0.485. The van der Waals surface area contributed by atoms with E-state index in [1.165, 1.54) is 11.8 Å². The lowest BCUT2D eigenvalue weighted by Gasteiger charge is -2.10. The number of nitrogens with zero attached hydrogens (tertiary/aromatic N) is 3. The Hall–Kier alpha value is -3.61. The first-order valence-corrected chi connectivity index (χ1v) is 9.38. The van der Waals surface area contributed by atoms with E-state index in [0.717, 1.165) is 29.0 Å². The number of rotatable bonds is 7. The van der Waals surface area contributed by atoms with Gasteiger partial charge >= 0.3 is 5.76 Å². The Bertz CT molecular complexity index is 1180. The minimum atomic E-state index is -0.692. The number of ketones is 1. The van der Waals surface area contributed by atoms with Crippen molar-refractivity contribution >= 4 is 5.78 Å². The van der Waals surface area contributed by atoms with Crippen LogP contribution in [0.5, 0.6) is 0 Å². The van der Waals surface area contributed by atoms with E-state index in [2.05, 4.69) is 21.8 Å². The number of hydrogen-bond acceptors (Lipinski definition) is 5. The van der Waals surface area contributed by atoms with Gasteiger partial charge in [0.25, 0.3) is 5.89 Å². The summed E-state index contributed by atoms with van der Waals surface area (Å²) in [6, 6.07) is 15.4. The monoisotopic (exact) mass is 391 g/mol. The summed E-state index contributed by atoms with van der Waals surface area (Å²) in [5, 5.41) is 4.07. The quantitative estimate of drug-likeness (QED) is 0.449. The molecule has 0 fully saturated rings. The van der Waals surface area contributed by atoms with Gasteiger partial charge in [-0.25, -0.2) is 4.79 Å². The molecule has 4 aromatic rings. The number of furan rings is 1. The van der Waals surface area contributed by atoms with Crippen molar-refractivity contribution in [3.05, 3.63) is 87.9 Å². The molecule has 0 amide bonds. The molecule has 0 aliphatic rings. The van der Waals surface area contributed by atoms with E-state index in [0.29, 0.717) is 11.3 Å². The van der Waals surface area contributed by atoms with Crippen LogP contribution >= 0.6 is 0 Å². The maximum atomic E-state index is 12.8. The highest BCUT2D eigenvalue weighted by molar-refractivity contribution is 5.97. The highest BCUT2D eigenvalue weighted by atomic mass is 16.4. The van der Waals surface area contributed by atoms with Gasteiger partial charge in [0.2, 0.25) is 0 Å². The molecule has 0 radical (unpaired) electrons. The van der Waals surface area contributed by atoms with Crippen molar-refractivity contribution in [2.75, 3.05) is 0 Å². The molecule has 0 unspecified atom stereocenters. The van der Waals surface area contributed by atoms with E-state index >= 15 is 0 Å². The fourth-order valence-corrected chi connectivity index (χ4v) is 3.44. The summed E-state index contributed by atoms with van der Waals surface area (Å²) in [7, 11) is 0. The lowest BCUT2D eigenvalue weighted by Crippen LogP contribution is -2.22. The van der Waals surface area contributed by atoms with Crippen LogP contribution in [0.15, 0.2) is 68.4 Å². The van der Waals surface area contributed by atoms with Crippen molar-refractivity contribution in [1.82, 2.24) is 14.3 Å². The molecule has 0 atom stereocenters. The Kier molecular flexibility index (Phi) is 5.03. The fraction of sp³-hybridized carbons (Fsp3) is 0.227. The Morgan fingerprint density at radius 2 is 1.90 bits per heavy atom. The fourth-order valence-electron chi connectivity index (χ4n) is 3.44. The van der Waals surface area contributed by atoms with Gasteiger partial charge in [0, 0.05) is 23.5 Å². The molecule has 0 spiro atoms. The molecule has 3 heterocycles. The summed E-state index contributed by atoms with van der Waals surface area (Å²) in [6.45, 7) is 4.49. The maximum absolute atomic E-state index is 12.8. The highest BCUT2D eigenvalue weighted by Crippen LogP contribution is 2.18. The van der Waals surface area contributed by atoms with Crippen molar-refractivity contribution in [2.45, 2.75) is 33.4 Å². The van der Waals surface area contributed by atoms with Crippen molar-refractivity contribution in [1.29, 1.82) is 0 Å². The Morgan fingerprint density at radius 1 is 1.10 bits per heavy atom. The van der Waals surface area contributed by atoms with Crippen LogP contribution < -0.4 is 5.76 Å². The number of hydrogen-bond donors (Lipinski definition) is 0. The second kappa shape index (κ2) is 7.79. The third-order valence-electron chi connectivity index (χ3n) is 4.97. The van der Waals surface area contributed by atoms with Gasteiger partial charge in [-0.3, -0.25) is 4.79 Å². The molecule has 0 saturated carbocycles. The predicted octanol–water partition coefficient (Wildman–Crippen LogP) is 3.64.